The fourth-order valence-corrected chi connectivity index (χ4v) is 2.51. The Morgan fingerprint density at radius 3 is 2.29 bits per heavy atom. The summed E-state index contributed by atoms with van der Waals surface area (Å²) in [5.41, 5.74) is 1.88. The van der Waals surface area contributed by atoms with Crippen LogP contribution in [0.25, 0.3) is 0 Å². The molecule has 2 atom stereocenters. The van der Waals surface area contributed by atoms with Crippen LogP contribution >= 0.6 is 0 Å². The van der Waals surface area contributed by atoms with E-state index in [1.807, 2.05) is 49.3 Å². The van der Waals surface area contributed by atoms with Gasteiger partial charge in [0.25, 0.3) is 0 Å². The van der Waals surface area contributed by atoms with Crippen LogP contribution in [0.4, 0.5) is 10.1 Å². The van der Waals surface area contributed by atoms with Crippen molar-refractivity contribution in [3.8, 4) is 0 Å². The zero-order valence-corrected chi connectivity index (χ0v) is 12.3. The topological polar surface area (TPSA) is 35.5 Å². The van der Waals surface area contributed by atoms with Crippen LogP contribution in [-0.2, 0) is 0 Å². The van der Waals surface area contributed by atoms with Gasteiger partial charge >= 0.3 is 0 Å². The summed E-state index contributed by atoms with van der Waals surface area (Å²) in [4.78, 5) is 1.97. The molecule has 2 aromatic rings. The number of aliphatic hydroxyl groups is 1. The second-order valence-corrected chi connectivity index (χ2v) is 5.07. The zero-order valence-electron chi connectivity index (χ0n) is 12.3. The van der Waals surface area contributed by atoms with Crippen molar-refractivity contribution in [3.63, 3.8) is 0 Å². The molecule has 2 rings (SSSR count). The summed E-state index contributed by atoms with van der Waals surface area (Å²) in [5.74, 6) is -0.265. The first-order chi connectivity index (χ1) is 10.1. The zero-order chi connectivity index (χ0) is 15.2. The molecule has 0 aromatic heterocycles. The number of halogens is 1. The van der Waals surface area contributed by atoms with Crippen molar-refractivity contribution in [2.24, 2.45) is 0 Å². The van der Waals surface area contributed by atoms with E-state index in [9.17, 15) is 9.50 Å². The van der Waals surface area contributed by atoms with Crippen molar-refractivity contribution in [1.29, 1.82) is 0 Å². The predicted octanol–water partition coefficient (Wildman–Crippen LogP) is 2.58. The molecule has 0 bridgehead atoms. The molecule has 0 radical (unpaired) electrons. The Bertz CT molecular complexity index is 544. The average molecular weight is 288 g/mol. The molecule has 0 heterocycles. The molecule has 0 saturated heterocycles. The molecule has 3 nitrogen and oxygen atoms in total. The van der Waals surface area contributed by atoms with E-state index in [0.717, 1.165) is 11.3 Å². The second kappa shape index (κ2) is 7.20. The lowest BCUT2D eigenvalue weighted by molar-refractivity contribution is 0.142. The summed E-state index contributed by atoms with van der Waals surface area (Å²) >= 11 is 0. The Kier molecular flexibility index (Phi) is 5.31. The number of hydrogen-bond donors (Lipinski definition) is 2. The third kappa shape index (κ3) is 3.80. The highest BCUT2D eigenvalue weighted by Crippen LogP contribution is 2.28. The van der Waals surface area contributed by atoms with Crippen molar-refractivity contribution in [1.82, 2.24) is 5.32 Å². The third-order valence-corrected chi connectivity index (χ3v) is 3.57. The highest BCUT2D eigenvalue weighted by atomic mass is 19.1. The lowest BCUT2D eigenvalue weighted by atomic mass is 9.99. The minimum absolute atomic E-state index is 0.205. The van der Waals surface area contributed by atoms with Gasteiger partial charge in [-0.15, -0.1) is 0 Å². The predicted molar refractivity (Wildman–Crippen MR) is 83.9 cm³/mol. The fourth-order valence-electron chi connectivity index (χ4n) is 2.51. The van der Waals surface area contributed by atoms with Gasteiger partial charge < -0.3 is 15.3 Å². The van der Waals surface area contributed by atoms with Crippen LogP contribution in [0, 0.1) is 5.82 Å². The summed E-state index contributed by atoms with van der Waals surface area (Å²) in [7, 11) is 3.72. The second-order valence-electron chi connectivity index (χ2n) is 5.07. The number of anilines is 1. The van der Waals surface area contributed by atoms with Crippen molar-refractivity contribution in [3.05, 3.63) is 66.0 Å². The Balaban J connectivity index is 2.32. The Hall–Kier alpha value is -1.91. The lowest BCUT2D eigenvalue weighted by Crippen LogP contribution is -2.39. The summed E-state index contributed by atoms with van der Waals surface area (Å²) in [6.07, 6.45) is -0.576. The van der Waals surface area contributed by atoms with Gasteiger partial charge in [0.05, 0.1) is 12.1 Å². The van der Waals surface area contributed by atoms with Crippen LogP contribution in [0.5, 0.6) is 0 Å². The van der Waals surface area contributed by atoms with Crippen LogP contribution in [0.2, 0.25) is 0 Å². The van der Waals surface area contributed by atoms with Crippen molar-refractivity contribution >= 4 is 5.69 Å². The Labute approximate surface area is 125 Å². The lowest BCUT2D eigenvalue weighted by Gasteiger charge is -2.34. The normalized spacial score (nSPS) is 13.7. The monoisotopic (exact) mass is 288 g/mol. The van der Waals surface area contributed by atoms with E-state index >= 15 is 0 Å². The van der Waals surface area contributed by atoms with E-state index in [1.54, 1.807) is 12.1 Å². The molecule has 0 aliphatic rings. The largest absolute Gasteiger partial charge is 0.389 e. The highest BCUT2D eigenvalue weighted by Gasteiger charge is 2.25. The van der Waals surface area contributed by atoms with Crippen molar-refractivity contribution in [2.75, 3.05) is 25.5 Å². The maximum atomic E-state index is 13.1. The van der Waals surface area contributed by atoms with E-state index in [1.165, 1.54) is 12.1 Å². The number of nitrogens with zero attached hydrogens (tertiary/aromatic N) is 1. The molecule has 21 heavy (non-hydrogen) atoms. The summed E-state index contributed by atoms with van der Waals surface area (Å²) in [6.45, 7) is 0.477. The molecule has 0 aliphatic heterocycles. The first kappa shape index (κ1) is 15.5. The van der Waals surface area contributed by atoms with Gasteiger partial charge in [0.2, 0.25) is 0 Å². The molecule has 0 spiro atoms. The van der Waals surface area contributed by atoms with Gasteiger partial charge in [-0.25, -0.2) is 4.39 Å². The molecule has 112 valence electrons. The van der Waals surface area contributed by atoms with Crippen LogP contribution in [0.1, 0.15) is 11.6 Å². The number of hydrogen-bond acceptors (Lipinski definition) is 3. The van der Waals surface area contributed by atoms with Crippen molar-refractivity contribution in [2.45, 2.75) is 12.1 Å². The first-order valence-corrected chi connectivity index (χ1v) is 6.99. The fraction of sp³-hybridized carbons (Fsp3) is 0.294. The van der Waals surface area contributed by atoms with E-state index in [4.69, 9.17) is 0 Å². The number of benzene rings is 2. The number of nitrogens with one attached hydrogen (secondary N) is 1. The van der Waals surface area contributed by atoms with Gasteiger partial charge in [0, 0.05) is 19.3 Å². The number of aliphatic hydroxyl groups excluding tert-OH is 1. The summed E-state index contributed by atoms with van der Waals surface area (Å²) < 4.78 is 13.1. The van der Waals surface area contributed by atoms with E-state index in [-0.39, 0.29) is 11.9 Å². The third-order valence-electron chi connectivity index (χ3n) is 3.57. The van der Waals surface area contributed by atoms with Gasteiger partial charge in [-0.2, -0.15) is 0 Å². The summed E-state index contributed by atoms with van der Waals surface area (Å²) in [5, 5.41) is 13.5. The quantitative estimate of drug-likeness (QED) is 0.857. The minimum atomic E-state index is -0.576. The molecule has 1 unspecified atom stereocenters. The van der Waals surface area contributed by atoms with Gasteiger partial charge in [-0.1, -0.05) is 30.3 Å². The van der Waals surface area contributed by atoms with Gasteiger partial charge in [-0.05, 0) is 36.9 Å². The molecular formula is C17H21FN2O. The molecule has 0 fully saturated rings. The smallest absolute Gasteiger partial charge is 0.123 e. The maximum absolute atomic E-state index is 13.1. The molecule has 2 aromatic carbocycles. The molecule has 0 saturated carbocycles. The van der Waals surface area contributed by atoms with Crippen LogP contribution in [-0.4, -0.2) is 31.9 Å². The molecular weight excluding hydrogens is 267 g/mol. The van der Waals surface area contributed by atoms with Gasteiger partial charge in [0.15, 0.2) is 0 Å². The van der Waals surface area contributed by atoms with E-state index in [2.05, 4.69) is 5.32 Å². The molecule has 4 heteroatoms. The standard InChI is InChI=1S/C17H21FN2O/c1-19-12-16(21)17(13-6-4-3-5-7-13)20(2)15-10-8-14(18)9-11-15/h3-11,16-17,19,21H,12H2,1-2H3/t16?,17-/m0/s1. The van der Waals surface area contributed by atoms with E-state index in [0.29, 0.717) is 6.54 Å². The number of rotatable bonds is 6. The Morgan fingerprint density at radius 1 is 1.10 bits per heavy atom. The minimum Gasteiger partial charge on any atom is -0.389 e. The molecule has 0 aliphatic carbocycles. The van der Waals surface area contributed by atoms with Crippen molar-refractivity contribution < 1.29 is 9.50 Å². The van der Waals surface area contributed by atoms with Crippen LogP contribution in [0.3, 0.4) is 0 Å². The maximum Gasteiger partial charge on any atom is 0.123 e. The summed E-state index contributed by atoms with van der Waals surface area (Å²) in [6, 6.07) is 15.9. The van der Waals surface area contributed by atoms with Crippen LogP contribution < -0.4 is 10.2 Å². The molecule has 2 N–H and O–H groups in total. The van der Waals surface area contributed by atoms with Crippen LogP contribution in [0.15, 0.2) is 54.6 Å². The SMILES string of the molecule is CNCC(O)[C@H](c1ccccc1)N(C)c1ccc(F)cc1. The van der Waals surface area contributed by atoms with E-state index < -0.39 is 6.10 Å². The van der Waals surface area contributed by atoms with Gasteiger partial charge in [0.1, 0.15) is 5.82 Å². The van der Waals surface area contributed by atoms with Gasteiger partial charge in [-0.3, -0.25) is 0 Å². The Morgan fingerprint density at radius 2 is 1.71 bits per heavy atom. The highest BCUT2D eigenvalue weighted by molar-refractivity contribution is 5.48. The molecule has 0 amide bonds. The number of likely N-dealkylation sites (N-methyl/N-ethyl adjacent to an activating group) is 2. The first-order valence-electron chi connectivity index (χ1n) is 6.99. The average Bonchev–Trinajstić information content (AvgIpc) is 2.49.